The molecule has 5 aromatic rings. The predicted octanol–water partition coefficient (Wildman–Crippen LogP) is 4.52. The van der Waals surface area contributed by atoms with Crippen molar-refractivity contribution in [1.29, 1.82) is 0 Å². The lowest BCUT2D eigenvalue weighted by molar-refractivity contribution is 0.102. The molecule has 2 aromatic heterocycles. The number of aromatic hydroxyl groups is 1. The van der Waals surface area contributed by atoms with Gasteiger partial charge < -0.3 is 19.3 Å². The van der Waals surface area contributed by atoms with E-state index >= 15 is 0 Å². The maximum atomic E-state index is 12.7. The molecule has 5 rings (SSSR count). The van der Waals surface area contributed by atoms with E-state index in [4.69, 9.17) is 8.83 Å². The standard InChI is InChI=1S/C25H15NO6/c27-20-9-10-31-22-8-7-15(12-18(20)22)14-3-1-5-17(11-14)26-24(29)19-13-16-4-2-6-21(28)23(16)32-25(19)30/h1-13,28H,(H,26,29). The SMILES string of the molecule is O=C(Nc1cccc(-c2ccc3occc(=O)c3c2)c1)c1cc2cccc(O)c2oc1=O. The van der Waals surface area contributed by atoms with Gasteiger partial charge in [0.15, 0.2) is 16.8 Å². The molecule has 0 spiro atoms. The molecule has 1 amide bonds. The van der Waals surface area contributed by atoms with Crippen LogP contribution in [-0.4, -0.2) is 11.0 Å². The Labute approximate surface area is 180 Å². The molecule has 0 bridgehead atoms. The molecule has 0 aliphatic carbocycles. The number of carbonyl (C=O) groups excluding carboxylic acids is 1. The fraction of sp³-hybridized carbons (Fsp3) is 0. The second kappa shape index (κ2) is 7.55. The summed E-state index contributed by atoms with van der Waals surface area (Å²) in [5, 5.41) is 13.4. The minimum Gasteiger partial charge on any atom is -0.504 e. The molecule has 156 valence electrons. The average molecular weight is 425 g/mol. The molecule has 0 unspecified atom stereocenters. The molecule has 3 aromatic carbocycles. The quantitative estimate of drug-likeness (QED) is 0.411. The van der Waals surface area contributed by atoms with Crippen molar-refractivity contribution < 1.29 is 18.7 Å². The van der Waals surface area contributed by atoms with Gasteiger partial charge in [0.1, 0.15) is 11.1 Å². The Hall–Kier alpha value is -4.65. The minimum absolute atomic E-state index is 0.0248. The topological polar surface area (TPSA) is 110 Å². The summed E-state index contributed by atoms with van der Waals surface area (Å²) in [6.07, 6.45) is 1.35. The number of hydrogen-bond acceptors (Lipinski definition) is 6. The number of fused-ring (bicyclic) bond motifs is 2. The molecule has 0 aliphatic rings. The molecular weight excluding hydrogens is 410 g/mol. The van der Waals surface area contributed by atoms with E-state index in [1.807, 2.05) is 12.1 Å². The third kappa shape index (κ3) is 3.41. The van der Waals surface area contributed by atoms with E-state index in [0.29, 0.717) is 22.0 Å². The monoisotopic (exact) mass is 425 g/mol. The van der Waals surface area contributed by atoms with Gasteiger partial charge in [-0.2, -0.15) is 0 Å². The van der Waals surface area contributed by atoms with Crippen LogP contribution in [0, 0.1) is 0 Å². The minimum atomic E-state index is -0.853. The van der Waals surface area contributed by atoms with Crippen LogP contribution >= 0.6 is 0 Å². The number of carbonyl (C=O) groups is 1. The van der Waals surface area contributed by atoms with E-state index in [0.717, 1.165) is 11.1 Å². The molecule has 32 heavy (non-hydrogen) atoms. The van der Waals surface area contributed by atoms with Crippen molar-refractivity contribution in [2.45, 2.75) is 0 Å². The van der Waals surface area contributed by atoms with Gasteiger partial charge in [0.25, 0.3) is 5.91 Å². The van der Waals surface area contributed by atoms with Gasteiger partial charge in [-0.25, -0.2) is 4.79 Å². The Bertz CT molecular complexity index is 1630. The van der Waals surface area contributed by atoms with Gasteiger partial charge in [-0.1, -0.05) is 30.3 Å². The highest BCUT2D eigenvalue weighted by molar-refractivity contribution is 6.06. The van der Waals surface area contributed by atoms with Crippen LogP contribution in [0.4, 0.5) is 5.69 Å². The molecule has 0 atom stereocenters. The van der Waals surface area contributed by atoms with Gasteiger partial charge in [-0.05, 0) is 47.5 Å². The summed E-state index contributed by atoms with van der Waals surface area (Å²) in [6, 6.07) is 19.6. The lowest BCUT2D eigenvalue weighted by Gasteiger charge is -2.08. The van der Waals surface area contributed by atoms with Crippen molar-refractivity contribution in [1.82, 2.24) is 0 Å². The second-order valence-electron chi connectivity index (χ2n) is 7.17. The number of amides is 1. The van der Waals surface area contributed by atoms with E-state index in [2.05, 4.69) is 5.32 Å². The Kier molecular flexibility index (Phi) is 4.56. The molecular formula is C25H15NO6. The van der Waals surface area contributed by atoms with Gasteiger partial charge in [-0.15, -0.1) is 0 Å². The molecule has 7 nitrogen and oxygen atoms in total. The fourth-order valence-electron chi connectivity index (χ4n) is 3.53. The van der Waals surface area contributed by atoms with Crippen LogP contribution in [0.25, 0.3) is 33.1 Å². The maximum absolute atomic E-state index is 12.7. The summed E-state index contributed by atoms with van der Waals surface area (Å²) < 4.78 is 10.5. The first-order chi connectivity index (χ1) is 15.5. The second-order valence-corrected chi connectivity index (χ2v) is 7.17. The number of rotatable bonds is 3. The zero-order chi connectivity index (χ0) is 22.2. The first-order valence-electron chi connectivity index (χ1n) is 9.69. The molecule has 2 heterocycles. The van der Waals surface area contributed by atoms with Crippen LogP contribution in [0.3, 0.4) is 0 Å². The van der Waals surface area contributed by atoms with Gasteiger partial charge in [0.2, 0.25) is 0 Å². The molecule has 0 fully saturated rings. The van der Waals surface area contributed by atoms with Crippen molar-refractivity contribution in [3.8, 4) is 16.9 Å². The van der Waals surface area contributed by atoms with Gasteiger partial charge >= 0.3 is 5.63 Å². The Morgan fingerprint density at radius 2 is 1.69 bits per heavy atom. The van der Waals surface area contributed by atoms with Crippen molar-refractivity contribution in [2.24, 2.45) is 0 Å². The first kappa shape index (κ1) is 19.3. The van der Waals surface area contributed by atoms with Crippen molar-refractivity contribution >= 4 is 33.5 Å². The summed E-state index contributed by atoms with van der Waals surface area (Å²) in [5.74, 6) is -0.816. The molecule has 0 aliphatic heterocycles. The number of phenolic OH excluding ortho intramolecular Hbond substituents is 1. The summed E-state index contributed by atoms with van der Waals surface area (Å²) >= 11 is 0. The summed E-state index contributed by atoms with van der Waals surface area (Å²) in [7, 11) is 0. The largest absolute Gasteiger partial charge is 0.504 e. The number of benzene rings is 3. The van der Waals surface area contributed by atoms with Crippen LogP contribution in [0.15, 0.2) is 97.5 Å². The van der Waals surface area contributed by atoms with E-state index in [-0.39, 0.29) is 22.3 Å². The number of phenols is 1. The molecule has 7 heteroatoms. The average Bonchev–Trinajstić information content (AvgIpc) is 2.79. The van der Waals surface area contributed by atoms with Crippen LogP contribution < -0.4 is 16.4 Å². The summed E-state index contributed by atoms with van der Waals surface area (Å²) in [5.41, 5.74) is 1.33. The highest BCUT2D eigenvalue weighted by Crippen LogP contribution is 2.26. The normalized spacial score (nSPS) is 11.0. The lowest BCUT2D eigenvalue weighted by Crippen LogP contribution is -2.20. The zero-order valence-corrected chi connectivity index (χ0v) is 16.5. The Balaban J connectivity index is 1.48. The third-order valence-corrected chi connectivity index (χ3v) is 5.10. The number of anilines is 1. The van der Waals surface area contributed by atoms with E-state index in [9.17, 15) is 19.5 Å². The van der Waals surface area contributed by atoms with Gasteiger partial charge in [0, 0.05) is 17.1 Å². The maximum Gasteiger partial charge on any atom is 0.349 e. The molecule has 0 saturated carbocycles. The molecule has 0 saturated heterocycles. The van der Waals surface area contributed by atoms with Gasteiger partial charge in [0.05, 0.1) is 11.6 Å². The van der Waals surface area contributed by atoms with Crippen molar-refractivity contribution in [3.63, 3.8) is 0 Å². The van der Waals surface area contributed by atoms with E-state index < -0.39 is 11.5 Å². The number of nitrogens with one attached hydrogen (secondary N) is 1. The van der Waals surface area contributed by atoms with Crippen LogP contribution in [0.5, 0.6) is 5.75 Å². The van der Waals surface area contributed by atoms with Crippen molar-refractivity contribution in [2.75, 3.05) is 5.32 Å². The predicted molar refractivity (Wildman–Crippen MR) is 120 cm³/mol. The number of para-hydroxylation sites is 1. The van der Waals surface area contributed by atoms with Crippen molar-refractivity contribution in [3.05, 3.63) is 105 Å². The van der Waals surface area contributed by atoms with Crippen LogP contribution in [0.1, 0.15) is 10.4 Å². The van der Waals surface area contributed by atoms with E-state index in [1.165, 1.54) is 24.5 Å². The fourth-order valence-corrected chi connectivity index (χ4v) is 3.53. The summed E-state index contributed by atoms with van der Waals surface area (Å²) in [4.78, 5) is 37.1. The highest BCUT2D eigenvalue weighted by Gasteiger charge is 2.16. The smallest absolute Gasteiger partial charge is 0.349 e. The lowest BCUT2D eigenvalue weighted by atomic mass is 10.0. The Morgan fingerprint density at radius 1 is 0.875 bits per heavy atom. The third-order valence-electron chi connectivity index (χ3n) is 5.10. The van der Waals surface area contributed by atoms with Crippen LogP contribution in [-0.2, 0) is 0 Å². The van der Waals surface area contributed by atoms with E-state index in [1.54, 1.807) is 42.5 Å². The highest BCUT2D eigenvalue weighted by atomic mass is 16.4. The Morgan fingerprint density at radius 3 is 2.56 bits per heavy atom. The first-order valence-corrected chi connectivity index (χ1v) is 9.69. The summed E-state index contributed by atoms with van der Waals surface area (Å²) in [6.45, 7) is 0. The number of hydrogen-bond donors (Lipinski definition) is 2. The zero-order valence-electron chi connectivity index (χ0n) is 16.5. The molecule has 2 N–H and O–H groups in total. The van der Waals surface area contributed by atoms with Gasteiger partial charge in [-0.3, -0.25) is 9.59 Å². The molecule has 0 radical (unpaired) electrons. The van der Waals surface area contributed by atoms with Crippen LogP contribution in [0.2, 0.25) is 0 Å².